The standard InChI is InChI=1S/C17H32N2O/c1-13(2)11-17(8-5-6-9-17)12-19-10-7-15(16(19)20)18-14(3)4/h13-15,18H,5-12H2,1-4H3. The van der Waals surface area contributed by atoms with Gasteiger partial charge in [-0.05, 0) is 37.0 Å². The molecule has 1 saturated carbocycles. The first-order valence-electron chi connectivity index (χ1n) is 8.47. The summed E-state index contributed by atoms with van der Waals surface area (Å²) in [6, 6.07) is 0.451. The van der Waals surface area contributed by atoms with Crippen LogP contribution < -0.4 is 5.32 Å². The Morgan fingerprint density at radius 3 is 2.45 bits per heavy atom. The van der Waals surface area contributed by atoms with Crippen LogP contribution in [0.15, 0.2) is 0 Å². The first-order valence-corrected chi connectivity index (χ1v) is 8.47. The van der Waals surface area contributed by atoms with Gasteiger partial charge in [0.1, 0.15) is 0 Å². The summed E-state index contributed by atoms with van der Waals surface area (Å²) in [7, 11) is 0. The van der Waals surface area contributed by atoms with Crippen molar-refractivity contribution in [3.05, 3.63) is 0 Å². The second-order valence-electron chi connectivity index (χ2n) is 7.73. The van der Waals surface area contributed by atoms with Crippen molar-refractivity contribution in [2.24, 2.45) is 11.3 Å². The maximum absolute atomic E-state index is 12.5. The lowest BCUT2D eigenvalue weighted by atomic mass is 9.78. The monoisotopic (exact) mass is 280 g/mol. The highest BCUT2D eigenvalue weighted by molar-refractivity contribution is 5.84. The molecule has 20 heavy (non-hydrogen) atoms. The lowest BCUT2D eigenvalue weighted by Gasteiger charge is -2.35. The summed E-state index contributed by atoms with van der Waals surface area (Å²) in [5.74, 6) is 1.07. The molecule has 0 aromatic heterocycles. The fourth-order valence-electron chi connectivity index (χ4n) is 4.28. The van der Waals surface area contributed by atoms with Crippen LogP contribution in [0.4, 0.5) is 0 Å². The van der Waals surface area contributed by atoms with Crippen LogP contribution in [-0.2, 0) is 4.79 Å². The Morgan fingerprint density at radius 1 is 1.25 bits per heavy atom. The summed E-state index contributed by atoms with van der Waals surface area (Å²) in [6.45, 7) is 10.8. The number of rotatable bonds is 6. The van der Waals surface area contributed by atoms with Crippen molar-refractivity contribution in [3.63, 3.8) is 0 Å². The predicted molar refractivity (Wildman–Crippen MR) is 83.6 cm³/mol. The van der Waals surface area contributed by atoms with Crippen molar-refractivity contribution in [3.8, 4) is 0 Å². The van der Waals surface area contributed by atoms with E-state index in [1.54, 1.807) is 0 Å². The topological polar surface area (TPSA) is 32.3 Å². The molecule has 1 amide bonds. The van der Waals surface area contributed by atoms with Gasteiger partial charge in [0.2, 0.25) is 5.91 Å². The first kappa shape index (κ1) is 15.8. The number of likely N-dealkylation sites (tertiary alicyclic amines) is 1. The van der Waals surface area contributed by atoms with E-state index in [0.717, 1.165) is 25.4 Å². The maximum atomic E-state index is 12.5. The fraction of sp³-hybridized carbons (Fsp3) is 0.941. The normalized spacial score (nSPS) is 26.2. The molecule has 1 unspecified atom stereocenters. The number of amides is 1. The van der Waals surface area contributed by atoms with E-state index in [0.29, 0.717) is 17.4 Å². The zero-order valence-corrected chi connectivity index (χ0v) is 13.7. The molecule has 3 heteroatoms. The molecule has 1 N–H and O–H groups in total. The van der Waals surface area contributed by atoms with E-state index in [1.165, 1.54) is 32.1 Å². The van der Waals surface area contributed by atoms with Crippen molar-refractivity contribution >= 4 is 5.91 Å². The van der Waals surface area contributed by atoms with Crippen molar-refractivity contribution in [2.75, 3.05) is 13.1 Å². The lowest BCUT2D eigenvalue weighted by Crippen LogP contribution is -2.44. The first-order chi connectivity index (χ1) is 9.42. The molecular weight excluding hydrogens is 248 g/mol. The second kappa shape index (κ2) is 6.46. The summed E-state index contributed by atoms with van der Waals surface area (Å²) in [6.07, 6.45) is 7.59. The Bertz CT molecular complexity index is 332. The van der Waals surface area contributed by atoms with Gasteiger partial charge in [-0.1, -0.05) is 40.5 Å². The van der Waals surface area contributed by atoms with Crippen LogP contribution in [0, 0.1) is 11.3 Å². The molecule has 116 valence electrons. The van der Waals surface area contributed by atoms with E-state index < -0.39 is 0 Å². The van der Waals surface area contributed by atoms with Crippen LogP contribution in [0.25, 0.3) is 0 Å². The summed E-state index contributed by atoms with van der Waals surface area (Å²) < 4.78 is 0. The van der Waals surface area contributed by atoms with Gasteiger partial charge in [-0.15, -0.1) is 0 Å². The lowest BCUT2D eigenvalue weighted by molar-refractivity contribution is -0.131. The van der Waals surface area contributed by atoms with E-state index >= 15 is 0 Å². The van der Waals surface area contributed by atoms with Gasteiger partial charge >= 0.3 is 0 Å². The highest BCUT2D eigenvalue weighted by Gasteiger charge is 2.40. The summed E-state index contributed by atoms with van der Waals surface area (Å²) in [5.41, 5.74) is 0.413. The van der Waals surface area contributed by atoms with Crippen LogP contribution in [0.5, 0.6) is 0 Å². The average Bonchev–Trinajstić information content (AvgIpc) is 2.90. The number of carbonyl (C=O) groups excluding carboxylic acids is 1. The number of nitrogens with zero attached hydrogens (tertiary/aromatic N) is 1. The van der Waals surface area contributed by atoms with Crippen molar-refractivity contribution in [1.82, 2.24) is 10.2 Å². The molecule has 1 aliphatic heterocycles. The minimum atomic E-state index is 0.0625. The van der Waals surface area contributed by atoms with Crippen LogP contribution in [0.2, 0.25) is 0 Å². The average molecular weight is 280 g/mol. The van der Waals surface area contributed by atoms with E-state index in [2.05, 4.69) is 37.9 Å². The third-order valence-electron chi connectivity index (χ3n) is 4.86. The van der Waals surface area contributed by atoms with E-state index in [1.807, 2.05) is 0 Å². The Morgan fingerprint density at radius 2 is 1.90 bits per heavy atom. The Hall–Kier alpha value is -0.570. The maximum Gasteiger partial charge on any atom is 0.239 e. The number of hydrogen-bond donors (Lipinski definition) is 1. The molecule has 1 saturated heterocycles. The van der Waals surface area contributed by atoms with E-state index in [4.69, 9.17) is 0 Å². The Kier molecular flexibility index (Phi) is 5.11. The Balaban J connectivity index is 1.96. The number of hydrogen-bond acceptors (Lipinski definition) is 2. The van der Waals surface area contributed by atoms with Gasteiger partial charge < -0.3 is 10.2 Å². The van der Waals surface area contributed by atoms with Gasteiger partial charge in [0.25, 0.3) is 0 Å². The molecule has 0 aromatic carbocycles. The fourth-order valence-corrected chi connectivity index (χ4v) is 4.28. The zero-order valence-electron chi connectivity index (χ0n) is 13.7. The highest BCUT2D eigenvalue weighted by Crippen LogP contribution is 2.44. The van der Waals surface area contributed by atoms with Gasteiger partial charge in [-0.3, -0.25) is 4.79 Å². The number of carbonyl (C=O) groups is 1. The minimum Gasteiger partial charge on any atom is -0.341 e. The van der Waals surface area contributed by atoms with E-state index in [9.17, 15) is 4.79 Å². The van der Waals surface area contributed by atoms with Crippen LogP contribution in [0.1, 0.15) is 66.2 Å². The van der Waals surface area contributed by atoms with Crippen LogP contribution in [-0.4, -0.2) is 36.0 Å². The van der Waals surface area contributed by atoms with Gasteiger partial charge in [0, 0.05) is 19.1 Å². The minimum absolute atomic E-state index is 0.0625. The Labute approximate surface area is 124 Å². The van der Waals surface area contributed by atoms with Gasteiger partial charge in [-0.25, -0.2) is 0 Å². The molecule has 1 atom stereocenters. The molecule has 1 aliphatic carbocycles. The van der Waals surface area contributed by atoms with Gasteiger partial charge in [-0.2, -0.15) is 0 Å². The van der Waals surface area contributed by atoms with Crippen molar-refractivity contribution in [2.45, 2.75) is 78.3 Å². The molecule has 0 aromatic rings. The van der Waals surface area contributed by atoms with Crippen molar-refractivity contribution in [1.29, 1.82) is 0 Å². The molecule has 2 fully saturated rings. The molecule has 2 aliphatic rings. The second-order valence-corrected chi connectivity index (χ2v) is 7.73. The third kappa shape index (κ3) is 3.75. The molecular formula is C17H32N2O. The molecule has 3 nitrogen and oxygen atoms in total. The highest BCUT2D eigenvalue weighted by atomic mass is 16.2. The molecule has 0 bridgehead atoms. The van der Waals surface area contributed by atoms with Gasteiger partial charge in [0.05, 0.1) is 6.04 Å². The SMILES string of the molecule is CC(C)CC1(CN2CCC(NC(C)C)C2=O)CCCC1. The molecule has 0 spiro atoms. The van der Waals surface area contributed by atoms with Crippen LogP contribution >= 0.6 is 0 Å². The summed E-state index contributed by atoms with van der Waals surface area (Å²) in [5, 5.41) is 3.41. The van der Waals surface area contributed by atoms with Crippen LogP contribution in [0.3, 0.4) is 0 Å². The predicted octanol–water partition coefficient (Wildman–Crippen LogP) is 3.19. The smallest absolute Gasteiger partial charge is 0.239 e. The summed E-state index contributed by atoms with van der Waals surface area (Å²) in [4.78, 5) is 14.7. The molecule has 0 radical (unpaired) electrons. The van der Waals surface area contributed by atoms with Gasteiger partial charge in [0.15, 0.2) is 0 Å². The largest absolute Gasteiger partial charge is 0.341 e. The van der Waals surface area contributed by atoms with E-state index in [-0.39, 0.29) is 6.04 Å². The molecule has 1 heterocycles. The molecule has 2 rings (SSSR count). The zero-order chi connectivity index (χ0) is 14.8. The number of nitrogens with one attached hydrogen (secondary N) is 1. The quantitative estimate of drug-likeness (QED) is 0.810. The third-order valence-corrected chi connectivity index (χ3v) is 4.86. The van der Waals surface area contributed by atoms with Crippen molar-refractivity contribution < 1.29 is 4.79 Å². The summed E-state index contributed by atoms with van der Waals surface area (Å²) >= 11 is 0.